The highest BCUT2D eigenvalue weighted by Gasteiger charge is 2.37. The molecule has 0 saturated heterocycles. The molecule has 0 bridgehead atoms. The molecule has 2 N–H and O–H groups in total. The molecule has 4 heteroatoms. The van der Waals surface area contributed by atoms with Crippen molar-refractivity contribution in [3.05, 3.63) is 11.8 Å². The first-order valence-corrected chi connectivity index (χ1v) is 7.26. The first-order chi connectivity index (χ1) is 8.90. The summed E-state index contributed by atoms with van der Waals surface area (Å²) < 4.78 is 0. The van der Waals surface area contributed by atoms with Crippen LogP contribution < -0.4 is 5.32 Å². The lowest BCUT2D eigenvalue weighted by atomic mass is 9.68. The van der Waals surface area contributed by atoms with Crippen LogP contribution in [-0.2, 0) is 4.79 Å². The monoisotopic (exact) mass is 263 g/mol. The van der Waals surface area contributed by atoms with Gasteiger partial charge in [-0.2, -0.15) is 5.10 Å². The number of hydrogen-bond acceptors (Lipinski definition) is 2. The number of rotatable bonds is 3. The van der Waals surface area contributed by atoms with E-state index >= 15 is 0 Å². The molecule has 0 spiro atoms. The minimum atomic E-state index is 0.0967. The lowest BCUT2D eigenvalue weighted by Gasteiger charge is -2.37. The van der Waals surface area contributed by atoms with Gasteiger partial charge in [-0.05, 0) is 24.2 Å². The van der Waals surface area contributed by atoms with Gasteiger partial charge in [0, 0.05) is 17.7 Å². The van der Waals surface area contributed by atoms with E-state index in [4.69, 9.17) is 0 Å². The average molecular weight is 263 g/mol. The number of nitrogens with zero attached hydrogens (tertiary/aromatic N) is 1. The molecule has 1 saturated carbocycles. The number of aromatic nitrogens is 2. The average Bonchev–Trinajstić information content (AvgIpc) is 2.76. The van der Waals surface area contributed by atoms with Crippen LogP contribution in [0, 0.1) is 11.3 Å². The van der Waals surface area contributed by atoms with Gasteiger partial charge in [-0.1, -0.05) is 40.5 Å². The SMILES string of the molecule is CC(C)c1cc(NC(=O)C2CCCCC2(C)C)n[nH]1. The van der Waals surface area contributed by atoms with Crippen molar-refractivity contribution in [2.24, 2.45) is 11.3 Å². The topological polar surface area (TPSA) is 57.8 Å². The molecule has 0 radical (unpaired) electrons. The van der Waals surface area contributed by atoms with Crippen LogP contribution in [0.15, 0.2) is 6.07 Å². The highest BCUT2D eigenvalue weighted by Crippen LogP contribution is 2.40. The molecule has 1 aliphatic carbocycles. The molecule has 0 aromatic carbocycles. The Morgan fingerprint density at radius 3 is 2.79 bits per heavy atom. The Bertz CT molecular complexity index is 448. The Balaban J connectivity index is 2.03. The second-order valence-corrected chi connectivity index (χ2v) is 6.64. The standard InChI is InChI=1S/C15H25N3O/c1-10(2)12-9-13(18-17-12)16-14(19)11-7-5-6-8-15(11,3)4/h9-11H,5-8H2,1-4H3,(H2,16,17,18,19). The number of H-pyrrole nitrogens is 1. The summed E-state index contributed by atoms with van der Waals surface area (Å²) in [6.07, 6.45) is 4.50. The molecule has 1 atom stereocenters. The molecule has 4 nitrogen and oxygen atoms in total. The van der Waals surface area contributed by atoms with Gasteiger partial charge in [0.15, 0.2) is 5.82 Å². The Labute approximate surface area is 115 Å². The van der Waals surface area contributed by atoms with E-state index in [0.717, 1.165) is 25.0 Å². The van der Waals surface area contributed by atoms with Gasteiger partial charge in [-0.15, -0.1) is 0 Å². The predicted octanol–water partition coefficient (Wildman–Crippen LogP) is 3.69. The molecule has 19 heavy (non-hydrogen) atoms. The van der Waals surface area contributed by atoms with E-state index in [9.17, 15) is 4.79 Å². The highest BCUT2D eigenvalue weighted by atomic mass is 16.2. The number of aromatic amines is 1. The Morgan fingerprint density at radius 1 is 1.47 bits per heavy atom. The van der Waals surface area contributed by atoms with Crippen molar-refractivity contribution in [2.45, 2.75) is 59.3 Å². The smallest absolute Gasteiger partial charge is 0.229 e. The van der Waals surface area contributed by atoms with Crippen molar-refractivity contribution < 1.29 is 4.79 Å². The van der Waals surface area contributed by atoms with Gasteiger partial charge in [0.1, 0.15) is 0 Å². The number of carbonyl (C=O) groups is 1. The molecule has 1 aliphatic rings. The van der Waals surface area contributed by atoms with Crippen molar-refractivity contribution in [1.82, 2.24) is 10.2 Å². The van der Waals surface area contributed by atoms with Crippen LogP contribution in [-0.4, -0.2) is 16.1 Å². The van der Waals surface area contributed by atoms with Crippen molar-refractivity contribution in [3.63, 3.8) is 0 Å². The minimum absolute atomic E-state index is 0.0967. The molecule has 1 amide bonds. The maximum Gasteiger partial charge on any atom is 0.229 e. The van der Waals surface area contributed by atoms with Gasteiger partial charge < -0.3 is 5.32 Å². The Morgan fingerprint density at radius 2 is 2.21 bits per heavy atom. The molecule has 1 aromatic heterocycles. The molecule has 1 aromatic rings. The second kappa shape index (κ2) is 5.35. The maximum absolute atomic E-state index is 12.4. The van der Waals surface area contributed by atoms with Crippen molar-refractivity contribution in [1.29, 1.82) is 0 Å². The van der Waals surface area contributed by atoms with E-state index in [1.54, 1.807) is 0 Å². The molecular weight excluding hydrogens is 238 g/mol. The number of anilines is 1. The summed E-state index contributed by atoms with van der Waals surface area (Å²) >= 11 is 0. The zero-order valence-corrected chi connectivity index (χ0v) is 12.4. The summed E-state index contributed by atoms with van der Waals surface area (Å²) in [5.74, 6) is 1.26. The first-order valence-electron chi connectivity index (χ1n) is 7.26. The van der Waals surface area contributed by atoms with Crippen LogP contribution in [0.4, 0.5) is 5.82 Å². The maximum atomic E-state index is 12.4. The fourth-order valence-electron chi connectivity index (χ4n) is 2.89. The molecule has 1 heterocycles. The van der Waals surface area contributed by atoms with Gasteiger partial charge in [0.05, 0.1) is 0 Å². The third-order valence-electron chi connectivity index (χ3n) is 4.29. The molecule has 2 rings (SSSR count). The number of nitrogens with one attached hydrogen (secondary N) is 2. The molecule has 106 valence electrons. The summed E-state index contributed by atoms with van der Waals surface area (Å²) in [6, 6.07) is 1.93. The van der Waals surface area contributed by atoms with E-state index in [1.165, 1.54) is 6.42 Å². The number of amides is 1. The fraction of sp³-hybridized carbons (Fsp3) is 0.733. The van der Waals surface area contributed by atoms with Crippen LogP contribution in [0.1, 0.15) is 65.0 Å². The first kappa shape index (κ1) is 14.1. The largest absolute Gasteiger partial charge is 0.309 e. The van der Waals surface area contributed by atoms with E-state index in [2.05, 4.69) is 43.2 Å². The van der Waals surface area contributed by atoms with Crippen LogP contribution in [0.5, 0.6) is 0 Å². The Hall–Kier alpha value is -1.32. The normalized spacial score (nSPS) is 22.5. The van der Waals surface area contributed by atoms with Crippen LogP contribution in [0.25, 0.3) is 0 Å². The molecule has 1 fully saturated rings. The predicted molar refractivity (Wildman–Crippen MR) is 77.0 cm³/mol. The summed E-state index contributed by atoms with van der Waals surface area (Å²) in [7, 11) is 0. The number of hydrogen-bond donors (Lipinski definition) is 2. The van der Waals surface area contributed by atoms with Crippen LogP contribution >= 0.6 is 0 Å². The lowest BCUT2D eigenvalue weighted by Crippen LogP contribution is -2.37. The molecule has 0 aliphatic heterocycles. The van der Waals surface area contributed by atoms with Gasteiger partial charge in [0.25, 0.3) is 0 Å². The van der Waals surface area contributed by atoms with Crippen molar-refractivity contribution in [3.8, 4) is 0 Å². The summed E-state index contributed by atoms with van der Waals surface area (Å²) in [5.41, 5.74) is 1.15. The van der Waals surface area contributed by atoms with E-state index < -0.39 is 0 Å². The van der Waals surface area contributed by atoms with Gasteiger partial charge >= 0.3 is 0 Å². The van der Waals surface area contributed by atoms with E-state index in [1.807, 2.05) is 6.07 Å². The Kier molecular flexibility index (Phi) is 3.97. The third kappa shape index (κ3) is 3.17. The molecule has 1 unspecified atom stereocenters. The quantitative estimate of drug-likeness (QED) is 0.873. The van der Waals surface area contributed by atoms with Gasteiger partial charge in [-0.3, -0.25) is 9.89 Å². The van der Waals surface area contributed by atoms with Gasteiger partial charge in [0.2, 0.25) is 5.91 Å². The lowest BCUT2D eigenvalue weighted by molar-refractivity contribution is -0.124. The van der Waals surface area contributed by atoms with Crippen LogP contribution in [0.2, 0.25) is 0 Å². The minimum Gasteiger partial charge on any atom is -0.309 e. The van der Waals surface area contributed by atoms with Crippen LogP contribution in [0.3, 0.4) is 0 Å². The van der Waals surface area contributed by atoms with E-state index in [0.29, 0.717) is 11.7 Å². The van der Waals surface area contributed by atoms with Gasteiger partial charge in [-0.25, -0.2) is 0 Å². The summed E-state index contributed by atoms with van der Waals surface area (Å²) in [4.78, 5) is 12.4. The van der Waals surface area contributed by atoms with Crippen molar-refractivity contribution >= 4 is 11.7 Å². The molecular formula is C15H25N3O. The highest BCUT2D eigenvalue weighted by molar-refractivity contribution is 5.92. The summed E-state index contributed by atoms with van der Waals surface area (Å²) in [5, 5.41) is 10.1. The van der Waals surface area contributed by atoms with E-state index in [-0.39, 0.29) is 17.2 Å². The fourth-order valence-corrected chi connectivity index (χ4v) is 2.89. The zero-order valence-electron chi connectivity index (χ0n) is 12.4. The third-order valence-corrected chi connectivity index (χ3v) is 4.29. The number of carbonyl (C=O) groups excluding carboxylic acids is 1. The summed E-state index contributed by atoms with van der Waals surface area (Å²) in [6.45, 7) is 8.59. The second-order valence-electron chi connectivity index (χ2n) is 6.64. The van der Waals surface area contributed by atoms with Crippen molar-refractivity contribution in [2.75, 3.05) is 5.32 Å². The zero-order chi connectivity index (χ0) is 14.0.